The monoisotopic (exact) mass is 473 g/mol. The summed E-state index contributed by atoms with van der Waals surface area (Å²) in [5, 5.41) is 5.81. The van der Waals surface area contributed by atoms with Crippen molar-refractivity contribution in [3.05, 3.63) is 34.9 Å². The third-order valence-electron chi connectivity index (χ3n) is 6.43. The largest absolute Gasteiger partial charge is 0.444 e. The van der Waals surface area contributed by atoms with Crippen LogP contribution < -0.4 is 10.6 Å². The third kappa shape index (κ3) is 7.74. The molecular formula is C27H43N3O4. The van der Waals surface area contributed by atoms with Crippen LogP contribution in [0, 0.1) is 13.8 Å². The lowest BCUT2D eigenvalue weighted by Crippen LogP contribution is -2.52. The molecule has 1 saturated carbocycles. The number of hydrogen-bond acceptors (Lipinski definition) is 4. The number of alkyl carbamates (subject to hydrolysis) is 1. The summed E-state index contributed by atoms with van der Waals surface area (Å²) in [7, 11) is 0. The van der Waals surface area contributed by atoms with E-state index >= 15 is 0 Å². The molecule has 0 bridgehead atoms. The normalized spacial score (nSPS) is 16.3. The van der Waals surface area contributed by atoms with Gasteiger partial charge in [0.2, 0.25) is 11.8 Å². The number of amides is 3. The van der Waals surface area contributed by atoms with E-state index in [0.717, 1.165) is 42.4 Å². The van der Waals surface area contributed by atoms with E-state index < -0.39 is 17.7 Å². The van der Waals surface area contributed by atoms with Gasteiger partial charge in [-0.15, -0.1) is 0 Å². The molecule has 1 fully saturated rings. The van der Waals surface area contributed by atoms with Gasteiger partial charge in [-0.05, 0) is 77.5 Å². The van der Waals surface area contributed by atoms with Crippen molar-refractivity contribution >= 4 is 17.9 Å². The van der Waals surface area contributed by atoms with E-state index in [2.05, 4.69) is 10.6 Å². The fourth-order valence-electron chi connectivity index (χ4n) is 4.58. The van der Waals surface area contributed by atoms with E-state index in [1.165, 1.54) is 6.42 Å². The zero-order chi connectivity index (χ0) is 25.5. The molecule has 2 N–H and O–H groups in total. The van der Waals surface area contributed by atoms with Crippen LogP contribution in [0.4, 0.5) is 4.79 Å². The van der Waals surface area contributed by atoms with E-state index in [1.807, 2.05) is 45.9 Å². The van der Waals surface area contributed by atoms with Crippen molar-refractivity contribution in [3.8, 4) is 0 Å². The van der Waals surface area contributed by atoms with Gasteiger partial charge in [-0.2, -0.15) is 0 Å². The number of aryl methyl sites for hydroxylation is 2. The third-order valence-corrected chi connectivity index (χ3v) is 6.43. The van der Waals surface area contributed by atoms with E-state index in [-0.39, 0.29) is 30.4 Å². The van der Waals surface area contributed by atoms with Gasteiger partial charge in [-0.1, -0.05) is 44.4 Å². The minimum atomic E-state index is -0.772. The molecule has 34 heavy (non-hydrogen) atoms. The van der Waals surface area contributed by atoms with Gasteiger partial charge in [0.05, 0.1) is 0 Å². The van der Waals surface area contributed by atoms with Crippen LogP contribution in [0.5, 0.6) is 0 Å². The minimum absolute atomic E-state index is 0.127. The number of rotatable bonds is 8. The van der Waals surface area contributed by atoms with E-state index in [4.69, 9.17) is 4.74 Å². The SMILES string of the molecule is CCC(C)N(C(=O)CNC(=O)OC(C)(C)C)C(C(=O)NC1CCCCC1)c1c(C)cccc1C. The first-order valence-electron chi connectivity index (χ1n) is 12.6. The highest BCUT2D eigenvalue weighted by molar-refractivity contribution is 5.91. The molecule has 0 spiro atoms. The summed E-state index contributed by atoms with van der Waals surface area (Å²) in [4.78, 5) is 41.1. The number of hydrogen-bond donors (Lipinski definition) is 2. The summed E-state index contributed by atoms with van der Waals surface area (Å²) in [6.07, 6.45) is 5.35. The molecule has 1 aliphatic carbocycles. The van der Waals surface area contributed by atoms with Crippen molar-refractivity contribution in [2.75, 3.05) is 6.54 Å². The van der Waals surface area contributed by atoms with Crippen LogP contribution >= 0.6 is 0 Å². The summed E-state index contributed by atoms with van der Waals surface area (Å²) < 4.78 is 5.29. The van der Waals surface area contributed by atoms with Crippen LogP contribution in [0.2, 0.25) is 0 Å². The van der Waals surface area contributed by atoms with E-state index in [9.17, 15) is 14.4 Å². The summed E-state index contributed by atoms with van der Waals surface area (Å²) in [6, 6.07) is 5.06. The predicted molar refractivity (Wildman–Crippen MR) is 135 cm³/mol. The molecule has 2 atom stereocenters. The molecule has 2 rings (SSSR count). The summed E-state index contributed by atoms with van der Waals surface area (Å²) >= 11 is 0. The zero-order valence-electron chi connectivity index (χ0n) is 22.0. The quantitative estimate of drug-likeness (QED) is 0.559. The molecular weight excluding hydrogens is 430 g/mol. The van der Waals surface area contributed by atoms with Crippen molar-refractivity contribution in [2.24, 2.45) is 0 Å². The van der Waals surface area contributed by atoms with Gasteiger partial charge < -0.3 is 20.3 Å². The number of nitrogens with zero attached hydrogens (tertiary/aromatic N) is 1. The maximum atomic E-state index is 13.8. The van der Waals surface area contributed by atoms with Crippen molar-refractivity contribution < 1.29 is 19.1 Å². The Morgan fingerprint density at radius 3 is 2.21 bits per heavy atom. The molecule has 0 aromatic heterocycles. The molecule has 3 amide bonds. The van der Waals surface area contributed by atoms with Gasteiger partial charge in [-0.25, -0.2) is 4.79 Å². The molecule has 190 valence electrons. The molecule has 1 aromatic carbocycles. The smallest absolute Gasteiger partial charge is 0.408 e. The van der Waals surface area contributed by atoms with E-state index in [0.29, 0.717) is 6.42 Å². The van der Waals surface area contributed by atoms with Gasteiger partial charge in [0.25, 0.3) is 0 Å². The van der Waals surface area contributed by atoms with Crippen LogP contribution in [0.3, 0.4) is 0 Å². The first-order chi connectivity index (χ1) is 15.9. The van der Waals surface area contributed by atoms with Crippen molar-refractivity contribution in [1.29, 1.82) is 0 Å². The predicted octanol–water partition coefficient (Wildman–Crippen LogP) is 4.95. The molecule has 1 aliphatic rings. The first-order valence-corrected chi connectivity index (χ1v) is 12.6. The highest BCUT2D eigenvalue weighted by Crippen LogP contribution is 2.31. The Morgan fingerprint density at radius 1 is 1.09 bits per heavy atom. The Morgan fingerprint density at radius 2 is 1.68 bits per heavy atom. The van der Waals surface area contributed by atoms with Crippen LogP contribution in [-0.4, -0.2) is 47.0 Å². The molecule has 7 nitrogen and oxygen atoms in total. The average molecular weight is 474 g/mol. The van der Waals surface area contributed by atoms with Crippen LogP contribution in [0.25, 0.3) is 0 Å². The van der Waals surface area contributed by atoms with Crippen molar-refractivity contribution in [3.63, 3.8) is 0 Å². The lowest BCUT2D eigenvalue weighted by Gasteiger charge is -2.38. The number of benzene rings is 1. The maximum Gasteiger partial charge on any atom is 0.408 e. The number of carbonyl (C=O) groups excluding carboxylic acids is 3. The summed E-state index contributed by atoms with van der Waals surface area (Å²) in [5.74, 6) is -0.470. The molecule has 2 unspecified atom stereocenters. The highest BCUT2D eigenvalue weighted by atomic mass is 16.6. The highest BCUT2D eigenvalue weighted by Gasteiger charge is 2.37. The fourth-order valence-corrected chi connectivity index (χ4v) is 4.58. The lowest BCUT2D eigenvalue weighted by atomic mass is 9.91. The number of carbonyl (C=O) groups is 3. The van der Waals surface area contributed by atoms with Crippen LogP contribution in [0.1, 0.15) is 95.9 Å². The molecule has 7 heteroatoms. The Hall–Kier alpha value is -2.57. The van der Waals surface area contributed by atoms with Crippen molar-refractivity contribution in [1.82, 2.24) is 15.5 Å². The molecule has 0 radical (unpaired) electrons. The van der Waals surface area contributed by atoms with Gasteiger partial charge in [0.1, 0.15) is 18.2 Å². The second kappa shape index (κ2) is 12.2. The van der Waals surface area contributed by atoms with Gasteiger partial charge >= 0.3 is 6.09 Å². The number of nitrogens with one attached hydrogen (secondary N) is 2. The topological polar surface area (TPSA) is 87.7 Å². The zero-order valence-corrected chi connectivity index (χ0v) is 22.0. The summed E-state index contributed by atoms with van der Waals surface area (Å²) in [6.45, 7) is 13.0. The summed E-state index contributed by atoms with van der Waals surface area (Å²) in [5.41, 5.74) is 2.11. The minimum Gasteiger partial charge on any atom is -0.444 e. The Bertz CT molecular complexity index is 836. The van der Waals surface area contributed by atoms with Crippen LogP contribution in [-0.2, 0) is 14.3 Å². The maximum absolute atomic E-state index is 13.8. The van der Waals surface area contributed by atoms with Gasteiger partial charge in [-0.3, -0.25) is 9.59 Å². The molecule has 0 heterocycles. The Labute approximate surface area is 205 Å². The lowest BCUT2D eigenvalue weighted by molar-refractivity contribution is -0.143. The fraction of sp³-hybridized carbons (Fsp3) is 0.667. The molecule has 0 saturated heterocycles. The number of ether oxygens (including phenoxy) is 1. The van der Waals surface area contributed by atoms with Gasteiger partial charge in [0.15, 0.2) is 0 Å². The van der Waals surface area contributed by atoms with Gasteiger partial charge in [0, 0.05) is 12.1 Å². The molecule has 0 aliphatic heterocycles. The second-order valence-electron chi connectivity index (χ2n) is 10.5. The second-order valence-corrected chi connectivity index (χ2v) is 10.5. The van der Waals surface area contributed by atoms with E-state index in [1.54, 1.807) is 25.7 Å². The Kier molecular flexibility index (Phi) is 9.95. The average Bonchev–Trinajstić information content (AvgIpc) is 2.75. The Balaban J connectivity index is 2.38. The standard InChI is InChI=1S/C27H43N3O4/c1-8-20(4)30(22(31)17-28-26(33)34-27(5,6)7)24(23-18(2)13-12-14-19(23)3)25(32)29-21-15-10-9-11-16-21/h12-14,20-21,24H,8-11,15-17H2,1-7H3,(H,28,33)(H,29,32). The van der Waals surface area contributed by atoms with Crippen LogP contribution in [0.15, 0.2) is 18.2 Å². The van der Waals surface area contributed by atoms with Crippen molar-refractivity contribution in [2.45, 2.75) is 111 Å². The molecule has 1 aromatic rings. The first kappa shape index (κ1) is 27.7.